The maximum Gasteiger partial charge on any atom is 0.321 e. The number of aliphatic carboxylic acids is 1. The van der Waals surface area contributed by atoms with E-state index >= 15 is 0 Å². The van der Waals surface area contributed by atoms with E-state index in [1.54, 1.807) is 6.92 Å². The standard InChI is InChI=1S/C10H17N3O4S/c1-6(2)4-8(10(14)15)13-18(16,17)9-5-11-7(3)12-9/h5-6,8,13H,4H2,1-3H3,(H,11,12)(H,14,15). The first-order valence-corrected chi connectivity index (χ1v) is 6.97. The quantitative estimate of drug-likeness (QED) is 0.699. The van der Waals surface area contributed by atoms with E-state index < -0.39 is 22.0 Å². The van der Waals surface area contributed by atoms with Crippen LogP contribution in [0.4, 0.5) is 0 Å². The van der Waals surface area contributed by atoms with Crippen molar-refractivity contribution >= 4 is 16.0 Å². The lowest BCUT2D eigenvalue weighted by Crippen LogP contribution is -2.41. The second kappa shape index (κ2) is 5.49. The first-order chi connectivity index (χ1) is 8.22. The van der Waals surface area contributed by atoms with Crippen LogP contribution >= 0.6 is 0 Å². The van der Waals surface area contributed by atoms with E-state index in [-0.39, 0.29) is 17.4 Å². The maximum atomic E-state index is 11.9. The number of carboxylic acid groups (broad SMARTS) is 1. The predicted molar refractivity (Wildman–Crippen MR) is 64.5 cm³/mol. The molecule has 7 nitrogen and oxygen atoms in total. The molecule has 0 aliphatic carbocycles. The molecule has 102 valence electrons. The molecule has 1 heterocycles. The van der Waals surface area contributed by atoms with Crippen molar-refractivity contribution in [1.82, 2.24) is 14.7 Å². The van der Waals surface area contributed by atoms with Gasteiger partial charge in [-0.25, -0.2) is 13.4 Å². The smallest absolute Gasteiger partial charge is 0.321 e. The number of aromatic amines is 1. The summed E-state index contributed by atoms with van der Waals surface area (Å²) in [6, 6.07) is -1.14. The zero-order chi connectivity index (χ0) is 13.9. The van der Waals surface area contributed by atoms with Crippen LogP contribution in [0.3, 0.4) is 0 Å². The SMILES string of the molecule is Cc1ncc(S(=O)(=O)NC(CC(C)C)C(=O)O)[nH]1. The van der Waals surface area contributed by atoms with Crippen molar-refractivity contribution in [3.05, 3.63) is 12.0 Å². The van der Waals surface area contributed by atoms with Gasteiger partial charge in [-0.1, -0.05) is 13.8 Å². The largest absolute Gasteiger partial charge is 0.480 e. The number of aryl methyl sites for hydroxylation is 1. The summed E-state index contributed by atoms with van der Waals surface area (Å²) >= 11 is 0. The predicted octanol–water partition coefficient (Wildman–Crippen LogP) is 0.496. The van der Waals surface area contributed by atoms with Crippen LogP contribution in [0.2, 0.25) is 0 Å². The van der Waals surface area contributed by atoms with Crippen LogP contribution in [-0.2, 0) is 14.8 Å². The van der Waals surface area contributed by atoms with E-state index in [2.05, 4.69) is 14.7 Å². The number of imidazole rings is 1. The summed E-state index contributed by atoms with van der Waals surface area (Å²) in [6.07, 6.45) is 1.38. The number of hydrogen-bond donors (Lipinski definition) is 3. The summed E-state index contributed by atoms with van der Waals surface area (Å²) in [5.41, 5.74) is 0. The molecule has 1 unspecified atom stereocenters. The molecule has 18 heavy (non-hydrogen) atoms. The van der Waals surface area contributed by atoms with Gasteiger partial charge in [0.15, 0.2) is 5.03 Å². The maximum absolute atomic E-state index is 11.9. The molecule has 3 N–H and O–H groups in total. The first-order valence-electron chi connectivity index (χ1n) is 5.49. The van der Waals surface area contributed by atoms with Crippen LogP contribution in [0.15, 0.2) is 11.2 Å². The average molecular weight is 275 g/mol. The topological polar surface area (TPSA) is 112 Å². The number of H-pyrrole nitrogens is 1. The fourth-order valence-electron chi connectivity index (χ4n) is 1.46. The van der Waals surface area contributed by atoms with Gasteiger partial charge >= 0.3 is 5.97 Å². The Hall–Kier alpha value is -1.41. The lowest BCUT2D eigenvalue weighted by Gasteiger charge is -2.15. The molecule has 0 aliphatic heterocycles. The molecule has 0 aliphatic rings. The zero-order valence-corrected chi connectivity index (χ0v) is 11.3. The lowest BCUT2D eigenvalue weighted by molar-refractivity contribution is -0.139. The van der Waals surface area contributed by atoms with Crippen molar-refractivity contribution in [3.8, 4) is 0 Å². The first kappa shape index (κ1) is 14.7. The molecule has 0 fully saturated rings. The van der Waals surface area contributed by atoms with E-state index in [0.29, 0.717) is 5.82 Å². The number of carboxylic acids is 1. The molecule has 1 aromatic rings. The van der Waals surface area contributed by atoms with Crippen LogP contribution in [0, 0.1) is 12.8 Å². The molecule has 0 saturated heterocycles. The van der Waals surface area contributed by atoms with Crippen molar-refractivity contribution in [2.45, 2.75) is 38.3 Å². The molecular formula is C10H17N3O4S. The van der Waals surface area contributed by atoms with E-state index in [4.69, 9.17) is 5.11 Å². The van der Waals surface area contributed by atoms with Gasteiger partial charge in [-0.3, -0.25) is 4.79 Å². The van der Waals surface area contributed by atoms with E-state index in [1.165, 1.54) is 0 Å². The van der Waals surface area contributed by atoms with Gasteiger partial charge in [0.2, 0.25) is 0 Å². The minimum atomic E-state index is -3.88. The molecule has 1 rings (SSSR count). The fourth-order valence-corrected chi connectivity index (χ4v) is 2.63. The van der Waals surface area contributed by atoms with Gasteiger partial charge in [0, 0.05) is 0 Å². The summed E-state index contributed by atoms with van der Waals surface area (Å²) in [6.45, 7) is 5.26. The molecule has 1 aromatic heterocycles. The molecule has 1 atom stereocenters. The molecule has 0 spiro atoms. The second-order valence-electron chi connectivity index (χ2n) is 4.47. The highest BCUT2D eigenvalue weighted by Crippen LogP contribution is 2.10. The van der Waals surface area contributed by atoms with Crippen molar-refractivity contribution in [2.24, 2.45) is 5.92 Å². The molecule has 0 saturated carbocycles. The number of carbonyl (C=O) groups is 1. The lowest BCUT2D eigenvalue weighted by atomic mass is 10.1. The number of rotatable bonds is 6. The Morgan fingerprint density at radius 3 is 2.56 bits per heavy atom. The van der Waals surface area contributed by atoms with Crippen molar-refractivity contribution in [1.29, 1.82) is 0 Å². The van der Waals surface area contributed by atoms with Crippen molar-refractivity contribution in [2.75, 3.05) is 0 Å². The third kappa shape index (κ3) is 3.81. The van der Waals surface area contributed by atoms with E-state index in [0.717, 1.165) is 6.20 Å². The third-order valence-electron chi connectivity index (χ3n) is 2.27. The van der Waals surface area contributed by atoms with Gasteiger partial charge in [0.25, 0.3) is 10.0 Å². The summed E-state index contributed by atoms with van der Waals surface area (Å²) < 4.78 is 25.9. The van der Waals surface area contributed by atoms with Gasteiger partial charge in [0.1, 0.15) is 11.9 Å². The Morgan fingerprint density at radius 2 is 2.17 bits per heavy atom. The highest BCUT2D eigenvalue weighted by Gasteiger charge is 2.27. The van der Waals surface area contributed by atoms with Crippen LogP contribution < -0.4 is 4.72 Å². The van der Waals surface area contributed by atoms with Gasteiger partial charge in [-0.15, -0.1) is 0 Å². The summed E-state index contributed by atoms with van der Waals surface area (Å²) in [4.78, 5) is 17.3. The van der Waals surface area contributed by atoms with Crippen LogP contribution in [0.25, 0.3) is 0 Å². The number of nitrogens with one attached hydrogen (secondary N) is 2. The van der Waals surface area contributed by atoms with E-state index in [9.17, 15) is 13.2 Å². The van der Waals surface area contributed by atoms with Crippen LogP contribution in [-0.4, -0.2) is 35.5 Å². The van der Waals surface area contributed by atoms with E-state index in [1.807, 2.05) is 13.8 Å². The van der Waals surface area contributed by atoms with Gasteiger partial charge in [-0.05, 0) is 19.3 Å². The third-order valence-corrected chi connectivity index (χ3v) is 3.65. The number of hydrogen-bond acceptors (Lipinski definition) is 4. The van der Waals surface area contributed by atoms with Crippen LogP contribution in [0.5, 0.6) is 0 Å². The van der Waals surface area contributed by atoms with Gasteiger partial charge in [0.05, 0.1) is 6.20 Å². The molecule has 0 bridgehead atoms. The zero-order valence-electron chi connectivity index (χ0n) is 10.5. The molecular weight excluding hydrogens is 258 g/mol. The second-order valence-corrected chi connectivity index (χ2v) is 6.16. The van der Waals surface area contributed by atoms with Gasteiger partial charge in [-0.2, -0.15) is 4.72 Å². The molecule has 0 radical (unpaired) electrons. The Balaban J connectivity index is 2.89. The Kier molecular flexibility index (Phi) is 4.47. The summed E-state index contributed by atoms with van der Waals surface area (Å²) in [7, 11) is -3.88. The summed E-state index contributed by atoms with van der Waals surface area (Å²) in [5, 5.41) is 8.86. The Morgan fingerprint density at radius 1 is 1.56 bits per heavy atom. The van der Waals surface area contributed by atoms with Crippen molar-refractivity contribution < 1.29 is 18.3 Å². The summed E-state index contributed by atoms with van der Waals surface area (Å²) in [5.74, 6) is -0.674. The van der Waals surface area contributed by atoms with Crippen LogP contribution in [0.1, 0.15) is 26.1 Å². The highest BCUT2D eigenvalue weighted by atomic mass is 32.2. The number of sulfonamides is 1. The Labute approximate surface area is 106 Å². The minimum absolute atomic E-state index is 0.0669. The minimum Gasteiger partial charge on any atom is -0.480 e. The average Bonchev–Trinajstić information content (AvgIpc) is 2.63. The number of nitrogens with zero attached hydrogens (tertiary/aromatic N) is 1. The van der Waals surface area contributed by atoms with Crippen molar-refractivity contribution in [3.63, 3.8) is 0 Å². The molecule has 0 aromatic carbocycles. The number of aromatic nitrogens is 2. The van der Waals surface area contributed by atoms with Gasteiger partial charge < -0.3 is 10.1 Å². The fraction of sp³-hybridized carbons (Fsp3) is 0.600. The Bertz CT molecular complexity index is 521. The normalized spacial score (nSPS) is 13.8. The molecule has 0 amide bonds. The highest BCUT2D eigenvalue weighted by molar-refractivity contribution is 7.89. The monoisotopic (exact) mass is 275 g/mol. The molecule has 8 heteroatoms.